The van der Waals surface area contributed by atoms with E-state index < -0.39 is 14.0 Å². The van der Waals surface area contributed by atoms with Gasteiger partial charge in [0.1, 0.15) is 5.58 Å². The average molecular weight is 916 g/mol. The molecule has 0 amide bonds. The van der Waals surface area contributed by atoms with E-state index in [1.165, 1.54) is 49.3 Å². The quantitative estimate of drug-likeness (QED) is 0.123. The van der Waals surface area contributed by atoms with Crippen LogP contribution in [0.25, 0.3) is 66.4 Å². The fourth-order valence-corrected chi connectivity index (χ4v) is 9.18. The van der Waals surface area contributed by atoms with Crippen LogP contribution in [-0.2, 0) is 20.1 Å². The zero-order valence-corrected chi connectivity index (χ0v) is 37.0. The molecular weight excluding hydrogens is 865 g/mol. The molecule has 0 fully saturated rings. The summed E-state index contributed by atoms with van der Waals surface area (Å²) in [6.07, 6.45) is 3.88. The van der Waals surface area contributed by atoms with Gasteiger partial charge < -0.3 is 14.4 Å². The summed E-state index contributed by atoms with van der Waals surface area (Å²) in [7, 11) is -1.55. The fraction of sp³-hybridized carbons (Fsp3) is 0.240. The Labute approximate surface area is 343 Å². The number of aryl methyl sites for hydroxylation is 3. The molecule has 3 aromatic heterocycles. The van der Waals surface area contributed by atoms with Crippen molar-refractivity contribution in [3.8, 4) is 33.6 Å². The summed E-state index contributed by atoms with van der Waals surface area (Å²) >= 11 is 0. The molecule has 8 rings (SSSR count). The first kappa shape index (κ1) is 38.6. The van der Waals surface area contributed by atoms with Crippen molar-refractivity contribution in [2.75, 3.05) is 0 Å². The number of fused-ring (bicyclic) bond motifs is 4. The van der Waals surface area contributed by atoms with E-state index in [-0.39, 0.29) is 20.1 Å². The van der Waals surface area contributed by atoms with E-state index >= 15 is 0 Å². The summed E-state index contributed by atoms with van der Waals surface area (Å²) in [5.74, 6) is -0.200. The maximum Gasteiger partial charge on any atom is 0.120 e. The van der Waals surface area contributed by atoms with Crippen molar-refractivity contribution >= 4 is 46.0 Å². The second-order valence-corrected chi connectivity index (χ2v) is 21.2. The molecule has 0 aliphatic heterocycles. The van der Waals surface area contributed by atoms with Crippen LogP contribution in [0.1, 0.15) is 68.7 Å². The van der Waals surface area contributed by atoms with Crippen molar-refractivity contribution in [1.29, 1.82) is 0 Å². The van der Waals surface area contributed by atoms with Gasteiger partial charge in [0.25, 0.3) is 0 Å². The van der Waals surface area contributed by atoms with Crippen LogP contribution in [0.2, 0.25) is 19.6 Å². The SMILES string of the molecule is Cc1cc(C)c(-c2c[c-]c(-c3cc(C(C)C)ccn3)c3oc4ccccc4c23)c(C)c1.[2H]C(C)(C)c1cc(-c2[c-]cc3ccccc3c2)ncc1[Si](C)(C)C.[Ir]. The monoisotopic (exact) mass is 916 g/mol. The number of furan rings is 1. The third-order valence-corrected chi connectivity index (χ3v) is 12.3. The van der Waals surface area contributed by atoms with Crippen LogP contribution in [0.3, 0.4) is 0 Å². The van der Waals surface area contributed by atoms with Crippen molar-refractivity contribution in [3.05, 3.63) is 149 Å². The van der Waals surface area contributed by atoms with E-state index in [1.54, 1.807) is 0 Å². The van der Waals surface area contributed by atoms with Crippen LogP contribution >= 0.6 is 0 Å². The molecule has 281 valence electrons. The molecule has 0 N–H and O–H groups in total. The molecule has 0 unspecified atom stereocenters. The second-order valence-electron chi connectivity index (χ2n) is 16.1. The van der Waals surface area contributed by atoms with Crippen molar-refractivity contribution in [2.45, 2.75) is 79.9 Å². The minimum atomic E-state index is -1.55. The molecule has 8 aromatic rings. The minimum absolute atomic E-state index is 0. The molecule has 0 aliphatic rings. The maximum absolute atomic E-state index is 8.57. The van der Waals surface area contributed by atoms with Gasteiger partial charge in [0, 0.05) is 39.3 Å². The van der Waals surface area contributed by atoms with E-state index in [0.717, 1.165) is 50.0 Å². The van der Waals surface area contributed by atoms with Gasteiger partial charge >= 0.3 is 0 Å². The Bertz CT molecular complexity index is 2680. The largest absolute Gasteiger partial charge is 0.501 e. The summed E-state index contributed by atoms with van der Waals surface area (Å²) in [4.78, 5) is 9.39. The number of nitrogens with zero attached hydrogens (tertiary/aromatic N) is 2. The Hall–Kier alpha value is -4.67. The molecular formula is C50H50IrN2OSi-2. The van der Waals surface area contributed by atoms with Gasteiger partial charge in [-0.25, -0.2) is 0 Å². The van der Waals surface area contributed by atoms with Gasteiger partial charge in [0.15, 0.2) is 0 Å². The van der Waals surface area contributed by atoms with Crippen LogP contribution in [0.4, 0.5) is 0 Å². The molecule has 0 saturated heterocycles. The average Bonchev–Trinajstić information content (AvgIpc) is 3.54. The zero-order chi connectivity index (χ0) is 39.2. The van der Waals surface area contributed by atoms with Gasteiger partial charge in [-0.3, -0.25) is 0 Å². The van der Waals surface area contributed by atoms with E-state index in [1.807, 2.05) is 56.6 Å². The molecule has 5 aromatic carbocycles. The molecule has 0 saturated carbocycles. The normalized spacial score (nSPS) is 12.1. The molecule has 55 heavy (non-hydrogen) atoms. The Morgan fingerprint density at radius 1 is 0.745 bits per heavy atom. The molecule has 0 atom stereocenters. The predicted octanol–water partition coefficient (Wildman–Crippen LogP) is 13.5. The van der Waals surface area contributed by atoms with Crippen molar-refractivity contribution in [2.24, 2.45) is 0 Å². The maximum atomic E-state index is 8.57. The van der Waals surface area contributed by atoms with Gasteiger partial charge in [-0.1, -0.05) is 164 Å². The number of aromatic nitrogens is 2. The number of pyridine rings is 2. The smallest absolute Gasteiger partial charge is 0.120 e. The molecule has 0 aliphatic carbocycles. The first-order valence-corrected chi connectivity index (χ1v) is 22.4. The minimum Gasteiger partial charge on any atom is -0.501 e. The topological polar surface area (TPSA) is 38.9 Å². The molecule has 5 heteroatoms. The summed E-state index contributed by atoms with van der Waals surface area (Å²) in [5.41, 5.74) is 14.0. The number of rotatable bonds is 6. The van der Waals surface area contributed by atoms with E-state index in [4.69, 9.17) is 10.8 Å². The van der Waals surface area contributed by atoms with Crippen LogP contribution in [0, 0.1) is 32.9 Å². The molecule has 3 nitrogen and oxygen atoms in total. The first-order chi connectivity index (χ1) is 26.1. The summed E-state index contributed by atoms with van der Waals surface area (Å²) in [6, 6.07) is 40.6. The van der Waals surface area contributed by atoms with Gasteiger partial charge in [0.05, 0.1) is 13.7 Å². The molecule has 0 bridgehead atoms. The predicted molar refractivity (Wildman–Crippen MR) is 233 cm³/mol. The summed E-state index contributed by atoms with van der Waals surface area (Å²) in [6.45, 7) is 21.8. The number of para-hydroxylation sites is 1. The molecule has 1 radical (unpaired) electrons. The summed E-state index contributed by atoms with van der Waals surface area (Å²) in [5, 5.41) is 5.90. The van der Waals surface area contributed by atoms with Crippen molar-refractivity contribution in [1.82, 2.24) is 9.97 Å². The van der Waals surface area contributed by atoms with Crippen LogP contribution in [0.15, 0.2) is 114 Å². The first-order valence-electron chi connectivity index (χ1n) is 19.4. The second kappa shape index (κ2) is 16.2. The zero-order valence-electron chi connectivity index (χ0n) is 34.6. The van der Waals surface area contributed by atoms with E-state index in [0.29, 0.717) is 5.92 Å². The van der Waals surface area contributed by atoms with Crippen molar-refractivity contribution in [3.63, 3.8) is 0 Å². The van der Waals surface area contributed by atoms with E-state index in [9.17, 15) is 0 Å². The Morgan fingerprint density at radius 2 is 1.44 bits per heavy atom. The van der Waals surface area contributed by atoms with Gasteiger partial charge in [0.2, 0.25) is 0 Å². The standard InChI is InChI=1S/C29H26NO.C21H24NSi.Ir/c1-17(2)21-12-13-30-25(16-21)22-10-11-24(27-19(4)14-18(3)15-20(27)5)28-23-8-6-7-9-26(23)31-29(22)28;1-15(2)19-13-20(22-14-21(19)23(3,4)5)18-11-10-16-8-6-7-9-17(16)12-18;/h6-9,11-17H,1-5H3;6-10,12-15H,1-5H3;/q2*-1;/i;15D;. The Kier molecular flexibility index (Phi) is 11.4. The summed E-state index contributed by atoms with van der Waals surface area (Å²) < 4.78 is 15.0. The fourth-order valence-electron chi connectivity index (χ4n) is 7.59. The van der Waals surface area contributed by atoms with Crippen LogP contribution in [0.5, 0.6) is 0 Å². The number of benzene rings is 5. The van der Waals surface area contributed by atoms with Crippen LogP contribution < -0.4 is 5.19 Å². The molecule has 0 spiro atoms. The molecule has 3 heterocycles. The van der Waals surface area contributed by atoms with Gasteiger partial charge in [-0.15, -0.1) is 41.3 Å². The van der Waals surface area contributed by atoms with Gasteiger partial charge in [-0.05, 0) is 66.7 Å². The third kappa shape index (κ3) is 8.16. The van der Waals surface area contributed by atoms with E-state index in [2.05, 4.69) is 138 Å². The van der Waals surface area contributed by atoms with Crippen LogP contribution in [-0.4, -0.2) is 18.0 Å². The Balaban J connectivity index is 0.000000193. The number of hydrogen-bond donors (Lipinski definition) is 0. The van der Waals surface area contributed by atoms with Gasteiger partial charge in [-0.2, -0.15) is 0 Å². The van der Waals surface area contributed by atoms with Crippen molar-refractivity contribution < 1.29 is 25.9 Å². The number of hydrogen-bond acceptors (Lipinski definition) is 3. The third-order valence-electron chi connectivity index (χ3n) is 10.3. The Morgan fingerprint density at radius 3 is 2.13 bits per heavy atom.